The fraction of sp³-hybridized carbons (Fsp3) is 1.00. The van der Waals surface area contributed by atoms with Crippen molar-refractivity contribution < 1.29 is 39.9 Å². The van der Waals surface area contributed by atoms with E-state index in [1.165, 1.54) is 0 Å². The molecule has 1 aliphatic rings. The third kappa shape index (κ3) is 1.34. The van der Waals surface area contributed by atoms with Crippen molar-refractivity contribution in [2.45, 2.75) is 28.4 Å². The standard InChI is InChI=1S/C5Cl2F8O/c6-2(8)1(4(10,11)12,5(13,14)15)16-3(2,7)9/t2-,3+/m0/s1. The zero-order valence-electron chi connectivity index (χ0n) is 6.69. The lowest BCUT2D eigenvalue weighted by Crippen LogP contribution is -2.83. The van der Waals surface area contributed by atoms with Gasteiger partial charge in [0, 0.05) is 0 Å². The summed E-state index contributed by atoms with van der Waals surface area (Å²) in [5.41, 5.74) is -5.48. The highest BCUT2D eigenvalue weighted by molar-refractivity contribution is 6.34. The monoisotopic (exact) mass is 298 g/mol. The van der Waals surface area contributed by atoms with Gasteiger partial charge in [-0.05, 0) is 11.6 Å². The minimum absolute atomic E-state index is 2.80. The lowest BCUT2D eigenvalue weighted by atomic mass is 9.89. The highest BCUT2D eigenvalue weighted by atomic mass is 35.5. The maximum atomic E-state index is 13.0. The van der Waals surface area contributed by atoms with Crippen LogP contribution in [-0.2, 0) is 4.74 Å². The van der Waals surface area contributed by atoms with E-state index in [0.717, 1.165) is 0 Å². The minimum Gasteiger partial charge on any atom is -0.301 e. The molecular weight excluding hydrogens is 299 g/mol. The molecule has 0 aliphatic carbocycles. The number of rotatable bonds is 0. The molecule has 0 radical (unpaired) electrons. The number of ether oxygens (including phenoxy) is 1. The number of halogens is 10. The summed E-state index contributed by atoms with van der Waals surface area (Å²) in [5.74, 6) is 0. The molecule has 0 N–H and O–H groups in total. The molecule has 1 rings (SSSR count). The van der Waals surface area contributed by atoms with E-state index in [4.69, 9.17) is 0 Å². The molecule has 0 aromatic heterocycles. The smallest absolute Gasteiger partial charge is 0.301 e. The molecule has 0 spiro atoms. The van der Waals surface area contributed by atoms with Crippen molar-refractivity contribution in [3.8, 4) is 0 Å². The van der Waals surface area contributed by atoms with Gasteiger partial charge in [0.05, 0.1) is 0 Å². The van der Waals surface area contributed by atoms with Crippen molar-refractivity contribution in [1.29, 1.82) is 0 Å². The topological polar surface area (TPSA) is 9.23 Å². The lowest BCUT2D eigenvalue weighted by Gasteiger charge is -2.55. The Hall–Kier alpha value is -0.0200. The zero-order chi connectivity index (χ0) is 13.2. The maximum Gasteiger partial charge on any atom is 0.431 e. The van der Waals surface area contributed by atoms with Gasteiger partial charge in [0.1, 0.15) is 0 Å². The van der Waals surface area contributed by atoms with Crippen LogP contribution in [-0.4, -0.2) is 28.4 Å². The first-order valence-corrected chi connectivity index (χ1v) is 4.05. The first-order chi connectivity index (χ1) is 6.71. The number of hydrogen-bond donors (Lipinski definition) is 0. The second-order valence-corrected chi connectivity index (χ2v) is 3.88. The fourth-order valence-corrected chi connectivity index (χ4v) is 1.65. The predicted molar refractivity (Wildman–Crippen MR) is 35.3 cm³/mol. The summed E-state index contributed by atoms with van der Waals surface area (Å²) in [5, 5.41) is -9.41. The molecule has 16 heavy (non-hydrogen) atoms. The molecule has 1 saturated heterocycles. The van der Waals surface area contributed by atoms with Gasteiger partial charge in [-0.25, -0.2) is 4.39 Å². The van der Waals surface area contributed by atoms with Gasteiger partial charge in [0.25, 0.3) is 0 Å². The van der Waals surface area contributed by atoms with Crippen molar-refractivity contribution in [2.75, 3.05) is 0 Å². The van der Waals surface area contributed by atoms with E-state index in [9.17, 15) is 35.1 Å². The van der Waals surface area contributed by atoms with Gasteiger partial charge in [-0.1, -0.05) is 11.6 Å². The Morgan fingerprint density at radius 3 is 1.19 bits per heavy atom. The van der Waals surface area contributed by atoms with E-state index >= 15 is 0 Å². The molecule has 11 heteroatoms. The summed E-state index contributed by atoms with van der Waals surface area (Å²) in [4.78, 5) is 0. The third-order valence-corrected chi connectivity index (χ3v) is 2.83. The predicted octanol–water partition coefficient (Wildman–Crippen LogP) is 3.65. The highest BCUT2D eigenvalue weighted by Crippen LogP contribution is 2.69. The summed E-state index contributed by atoms with van der Waals surface area (Å²) in [6, 6.07) is 0. The lowest BCUT2D eigenvalue weighted by molar-refractivity contribution is -0.504. The van der Waals surface area contributed by atoms with Crippen LogP contribution in [0.2, 0.25) is 0 Å². The van der Waals surface area contributed by atoms with Gasteiger partial charge < -0.3 is 4.74 Å². The van der Waals surface area contributed by atoms with Crippen molar-refractivity contribution >= 4 is 23.2 Å². The van der Waals surface area contributed by atoms with Crippen LogP contribution >= 0.6 is 23.2 Å². The van der Waals surface area contributed by atoms with Crippen LogP contribution in [0.15, 0.2) is 0 Å². The molecule has 0 amide bonds. The van der Waals surface area contributed by atoms with Crippen LogP contribution in [0.5, 0.6) is 0 Å². The van der Waals surface area contributed by atoms with Crippen LogP contribution < -0.4 is 0 Å². The molecule has 96 valence electrons. The van der Waals surface area contributed by atoms with Gasteiger partial charge in [0.15, 0.2) is 0 Å². The van der Waals surface area contributed by atoms with E-state index in [0.29, 0.717) is 0 Å². The van der Waals surface area contributed by atoms with Crippen LogP contribution in [0, 0.1) is 0 Å². The Kier molecular flexibility index (Phi) is 2.68. The Morgan fingerprint density at radius 1 is 0.812 bits per heavy atom. The van der Waals surface area contributed by atoms with Crippen LogP contribution in [0.4, 0.5) is 35.1 Å². The summed E-state index contributed by atoms with van der Waals surface area (Å²) < 4.78 is 101. The molecule has 0 aromatic rings. The van der Waals surface area contributed by atoms with E-state index in [-0.39, 0.29) is 0 Å². The van der Waals surface area contributed by atoms with E-state index in [1.54, 1.807) is 0 Å². The molecule has 0 saturated carbocycles. The summed E-state index contributed by atoms with van der Waals surface area (Å²) in [6.07, 6.45) is -12.6. The fourth-order valence-electron chi connectivity index (χ4n) is 1.11. The summed E-state index contributed by atoms with van der Waals surface area (Å²) >= 11 is 8.55. The zero-order valence-corrected chi connectivity index (χ0v) is 8.20. The second kappa shape index (κ2) is 3.05. The average Bonchev–Trinajstić information content (AvgIpc) is 1.94. The van der Waals surface area contributed by atoms with Crippen LogP contribution in [0.3, 0.4) is 0 Å². The van der Waals surface area contributed by atoms with Crippen LogP contribution in [0.1, 0.15) is 0 Å². The molecule has 0 bridgehead atoms. The van der Waals surface area contributed by atoms with Crippen molar-refractivity contribution in [3.63, 3.8) is 0 Å². The Morgan fingerprint density at radius 2 is 1.12 bits per heavy atom. The van der Waals surface area contributed by atoms with Crippen molar-refractivity contribution in [2.24, 2.45) is 0 Å². The second-order valence-electron chi connectivity index (χ2n) is 2.87. The molecule has 1 heterocycles. The maximum absolute atomic E-state index is 13.0. The number of hydrogen-bond acceptors (Lipinski definition) is 1. The molecule has 2 atom stereocenters. The quantitative estimate of drug-likeness (QED) is 0.490. The molecule has 0 unspecified atom stereocenters. The van der Waals surface area contributed by atoms with Gasteiger partial charge in [0.2, 0.25) is 0 Å². The molecule has 1 nitrogen and oxygen atoms in total. The Labute approximate surface area is 92.2 Å². The molecule has 0 aromatic carbocycles. The average molecular weight is 299 g/mol. The van der Waals surface area contributed by atoms with E-state index in [2.05, 4.69) is 27.9 Å². The van der Waals surface area contributed by atoms with Gasteiger partial charge in [-0.2, -0.15) is 30.7 Å². The molecule has 1 aliphatic heterocycles. The minimum atomic E-state index is -6.31. The van der Waals surface area contributed by atoms with E-state index < -0.39 is 28.4 Å². The van der Waals surface area contributed by atoms with Crippen molar-refractivity contribution in [3.05, 3.63) is 0 Å². The Bertz CT molecular complexity index is 291. The first-order valence-electron chi connectivity index (χ1n) is 3.30. The van der Waals surface area contributed by atoms with E-state index in [1.807, 2.05) is 0 Å². The van der Waals surface area contributed by atoms with Gasteiger partial charge in [-0.15, -0.1) is 0 Å². The Balaban J connectivity index is 3.35. The normalized spacial score (nSPS) is 39.4. The summed E-state index contributed by atoms with van der Waals surface area (Å²) in [7, 11) is 0. The highest BCUT2D eigenvalue weighted by Gasteiger charge is 2.97. The number of alkyl halides is 10. The SMILES string of the molecule is FC(F)(F)C1(C(F)(F)F)O[C@@](F)(Cl)[C@]1(F)Cl. The van der Waals surface area contributed by atoms with Gasteiger partial charge >= 0.3 is 28.4 Å². The first kappa shape index (κ1) is 14.0. The van der Waals surface area contributed by atoms with Gasteiger partial charge in [-0.3, -0.25) is 0 Å². The van der Waals surface area contributed by atoms with Crippen LogP contribution in [0.25, 0.3) is 0 Å². The molecule has 1 fully saturated rings. The third-order valence-electron chi connectivity index (χ3n) is 1.89. The largest absolute Gasteiger partial charge is 0.431 e. The van der Waals surface area contributed by atoms with Crippen molar-refractivity contribution in [1.82, 2.24) is 0 Å². The molecular formula is C5Cl2F8O. The summed E-state index contributed by atoms with van der Waals surface area (Å²) in [6.45, 7) is 0.